The molecule has 0 radical (unpaired) electrons. The summed E-state index contributed by atoms with van der Waals surface area (Å²) in [4.78, 5) is 4.83. The van der Waals surface area contributed by atoms with Crippen molar-refractivity contribution in [1.82, 2.24) is 0 Å². The van der Waals surface area contributed by atoms with Crippen LogP contribution in [0.4, 0.5) is 28.4 Å². The lowest BCUT2D eigenvalue weighted by Gasteiger charge is -2.30. The molecule has 2 nitrogen and oxygen atoms in total. The van der Waals surface area contributed by atoms with Crippen LogP contribution in [0.3, 0.4) is 0 Å². The van der Waals surface area contributed by atoms with Crippen LogP contribution in [0.1, 0.15) is 66.6 Å². The lowest BCUT2D eigenvalue weighted by molar-refractivity contribution is 0.640. The van der Waals surface area contributed by atoms with E-state index in [4.69, 9.17) is 0 Å². The first kappa shape index (κ1) is 44.6. The lowest BCUT2D eigenvalue weighted by Crippen LogP contribution is -2.20. The van der Waals surface area contributed by atoms with E-state index in [9.17, 15) is 0 Å². The maximum atomic E-state index is 3.94. The predicted molar refractivity (Wildman–Crippen MR) is 298 cm³/mol. The van der Waals surface area contributed by atoms with Crippen LogP contribution in [0.25, 0.3) is 44.8 Å². The lowest BCUT2D eigenvalue weighted by atomic mass is 9.78. The summed E-state index contributed by atoms with van der Waals surface area (Å²) in [5.41, 5.74) is 16.2. The van der Waals surface area contributed by atoms with E-state index in [-0.39, 0.29) is 10.8 Å². The van der Waals surface area contributed by atoms with Crippen molar-refractivity contribution in [2.24, 2.45) is 0 Å². The zero-order valence-corrected chi connectivity index (χ0v) is 40.1. The van der Waals surface area contributed by atoms with Gasteiger partial charge in [0.2, 0.25) is 0 Å². The average Bonchev–Trinajstić information content (AvgIpc) is 3.41. The van der Waals surface area contributed by atoms with E-state index < -0.39 is 0 Å². The molecule has 0 unspecified atom stereocenters. The maximum absolute atomic E-state index is 3.94. The number of anilines is 5. The van der Waals surface area contributed by atoms with Gasteiger partial charge in [-0.2, -0.15) is 0 Å². The summed E-state index contributed by atoms with van der Waals surface area (Å²) >= 11 is 0. The van der Waals surface area contributed by atoms with Gasteiger partial charge in [0.25, 0.3) is 0 Å². The minimum Gasteiger partial charge on any atom is -0.337 e. The van der Waals surface area contributed by atoms with Crippen molar-refractivity contribution in [3.05, 3.63) is 283 Å². The van der Waals surface area contributed by atoms with Gasteiger partial charge in [-0.3, -0.25) is 0 Å². The molecule has 0 spiro atoms. The molecule has 10 aromatic rings. The highest BCUT2D eigenvalue weighted by Gasteiger charge is 2.26. The molecule has 0 bridgehead atoms. The monoisotopic (exact) mass is 890 g/mol. The second kappa shape index (κ2) is 18.8. The van der Waals surface area contributed by atoms with E-state index in [0.717, 1.165) is 51.7 Å². The van der Waals surface area contributed by atoms with Gasteiger partial charge in [0.05, 0.1) is 5.69 Å². The highest BCUT2D eigenvalue weighted by molar-refractivity contribution is 5.99. The Morgan fingerprint density at radius 2 is 0.725 bits per heavy atom. The van der Waals surface area contributed by atoms with Gasteiger partial charge in [-0.25, -0.2) is 0 Å². The Bertz CT molecular complexity index is 3380. The van der Waals surface area contributed by atoms with Gasteiger partial charge in [0.15, 0.2) is 0 Å². The second-order valence-corrected chi connectivity index (χ2v) is 19.1. The number of hydrogen-bond acceptors (Lipinski definition) is 2. The highest BCUT2D eigenvalue weighted by Crippen LogP contribution is 2.42. The second-order valence-electron chi connectivity index (χ2n) is 19.1. The largest absolute Gasteiger partial charge is 0.337 e. The van der Waals surface area contributed by atoms with Gasteiger partial charge < -0.3 is 9.80 Å². The molecule has 0 aliphatic rings. The normalized spacial score (nSPS) is 11.7. The first-order chi connectivity index (χ1) is 33.6. The smallest absolute Gasteiger partial charge is 0.0540 e. The summed E-state index contributed by atoms with van der Waals surface area (Å²) in [6.45, 7) is 17.8. The van der Waals surface area contributed by atoms with E-state index in [1.807, 2.05) is 12.2 Å². The van der Waals surface area contributed by atoms with E-state index in [2.05, 4.69) is 281 Å². The Kier molecular flexibility index (Phi) is 12.2. The number of nitrogens with zero attached hydrogens (tertiary/aromatic N) is 2. The molecule has 0 heterocycles. The third-order valence-electron chi connectivity index (χ3n) is 14.3. The van der Waals surface area contributed by atoms with Crippen LogP contribution in [0, 0.1) is 0 Å². The third-order valence-corrected chi connectivity index (χ3v) is 14.3. The van der Waals surface area contributed by atoms with Crippen LogP contribution in [0.5, 0.6) is 0 Å². The summed E-state index contributed by atoms with van der Waals surface area (Å²) in [5, 5.41) is 4.94. The van der Waals surface area contributed by atoms with Crippen LogP contribution in [0.15, 0.2) is 244 Å². The van der Waals surface area contributed by atoms with Crippen molar-refractivity contribution in [3.8, 4) is 11.1 Å². The zero-order chi connectivity index (χ0) is 47.5. The summed E-state index contributed by atoms with van der Waals surface area (Å²) in [5.74, 6) is 0. The van der Waals surface area contributed by atoms with Gasteiger partial charge in [0, 0.05) is 45.5 Å². The first-order valence-corrected chi connectivity index (χ1v) is 24.0. The molecule has 2 heteroatoms. The molecule has 0 aliphatic carbocycles. The standard InChI is InChI=1S/C67H58N2/c1-7-48-23-31-55(32-24-48)66(3,4)57-35-43-60(44-36-57)68(47-54-19-13-17-52-15-9-11-20-63(52)54)59-39-27-50(28-40-59)51-29-41-61(42-30-51)69(65-22-14-18-53-16-10-12-21-64(53)65)62-45-37-58(38-46-62)67(5,6)56-33-25-49(8-2)26-34-56/h7-46H,1-2,47H2,3-6H3. The van der Waals surface area contributed by atoms with E-state index in [1.54, 1.807) is 0 Å². The first-order valence-electron chi connectivity index (χ1n) is 24.0. The van der Waals surface area contributed by atoms with Crippen molar-refractivity contribution < 1.29 is 0 Å². The number of fused-ring (bicyclic) bond motifs is 2. The fourth-order valence-electron chi connectivity index (χ4n) is 9.89. The summed E-state index contributed by atoms with van der Waals surface area (Å²) in [6, 6.07) is 84.4. The van der Waals surface area contributed by atoms with Crippen molar-refractivity contribution in [2.75, 3.05) is 9.80 Å². The fourth-order valence-corrected chi connectivity index (χ4v) is 9.89. The van der Waals surface area contributed by atoms with E-state index in [1.165, 1.54) is 54.9 Å². The van der Waals surface area contributed by atoms with Gasteiger partial charge in [-0.15, -0.1) is 0 Å². The molecule has 336 valence electrons. The van der Waals surface area contributed by atoms with Crippen LogP contribution in [0.2, 0.25) is 0 Å². The summed E-state index contributed by atoms with van der Waals surface area (Å²) in [6.07, 6.45) is 3.79. The molecule has 0 saturated carbocycles. The van der Waals surface area contributed by atoms with Crippen molar-refractivity contribution in [3.63, 3.8) is 0 Å². The Balaban J connectivity index is 0.970. The van der Waals surface area contributed by atoms with E-state index >= 15 is 0 Å². The Morgan fingerprint density at radius 3 is 1.20 bits per heavy atom. The molecule has 0 amide bonds. The van der Waals surface area contributed by atoms with Crippen molar-refractivity contribution in [1.29, 1.82) is 0 Å². The molecule has 10 aromatic carbocycles. The molecule has 0 saturated heterocycles. The Labute approximate surface area is 408 Å². The third kappa shape index (κ3) is 8.90. The van der Waals surface area contributed by atoms with Gasteiger partial charge in [0.1, 0.15) is 0 Å². The molecule has 69 heavy (non-hydrogen) atoms. The SMILES string of the molecule is C=Cc1ccc(C(C)(C)c2ccc(N(Cc3cccc4ccccc34)c3ccc(-c4ccc(N(c5ccc(C(C)(C)c6ccc(C=C)cc6)cc5)c5cccc6ccccc56)cc4)cc3)cc2)cc1. The minimum atomic E-state index is -0.173. The Hall–Kier alpha value is -8.20. The summed E-state index contributed by atoms with van der Waals surface area (Å²) < 4.78 is 0. The highest BCUT2D eigenvalue weighted by atomic mass is 15.1. The maximum Gasteiger partial charge on any atom is 0.0540 e. The van der Waals surface area contributed by atoms with Crippen LogP contribution in [-0.4, -0.2) is 0 Å². The van der Waals surface area contributed by atoms with Crippen LogP contribution < -0.4 is 9.80 Å². The minimum absolute atomic E-state index is 0.164. The predicted octanol–water partition coefficient (Wildman–Crippen LogP) is 18.4. The van der Waals surface area contributed by atoms with Crippen molar-refractivity contribution >= 4 is 62.1 Å². The number of rotatable bonds is 14. The topological polar surface area (TPSA) is 6.48 Å². The Morgan fingerprint density at radius 1 is 0.362 bits per heavy atom. The quantitative estimate of drug-likeness (QED) is 0.107. The molecule has 0 N–H and O–H groups in total. The number of benzene rings is 10. The van der Waals surface area contributed by atoms with Gasteiger partial charge in [-0.05, 0) is 121 Å². The average molecular weight is 891 g/mol. The summed E-state index contributed by atoms with van der Waals surface area (Å²) in [7, 11) is 0. The fraction of sp³-hybridized carbons (Fsp3) is 0.104. The molecule has 0 fully saturated rings. The molecule has 0 atom stereocenters. The van der Waals surface area contributed by atoms with Gasteiger partial charge in [-0.1, -0.05) is 229 Å². The zero-order valence-electron chi connectivity index (χ0n) is 40.1. The molecule has 10 rings (SSSR count). The molecular weight excluding hydrogens is 833 g/mol. The molecule has 0 aliphatic heterocycles. The van der Waals surface area contributed by atoms with Crippen molar-refractivity contribution in [2.45, 2.75) is 45.1 Å². The molecule has 0 aromatic heterocycles. The van der Waals surface area contributed by atoms with Crippen LogP contribution >= 0.6 is 0 Å². The van der Waals surface area contributed by atoms with Gasteiger partial charge >= 0.3 is 0 Å². The van der Waals surface area contributed by atoms with Crippen LogP contribution in [-0.2, 0) is 17.4 Å². The number of hydrogen-bond donors (Lipinski definition) is 0. The molecular formula is C67H58N2. The van der Waals surface area contributed by atoms with E-state index in [0.29, 0.717) is 0 Å².